The van der Waals surface area contributed by atoms with Crippen LogP contribution >= 0.6 is 0 Å². The molecular formula is C21H22N2. The van der Waals surface area contributed by atoms with Crippen molar-refractivity contribution >= 4 is 22.3 Å². The number of benzene rings is 3. The van der Waals surface area contributed by atoms with Crippen LogP contribution in [0.4, 0.5) is 5.69 Å². The molecule has 0 amide bonds. The molecule has 2 heteroatoms. The van der Waals surface area contributed by atoms with Gasteiger partial charge in [0.05, 0.1) is 0 Å². The third-order valence-corrected chi connectivity index (χ3v) is 4.34. The molecule has 1 N–H and O–H groups in total. The average molecular weight is 302 g/mol. The predicted octanol–water partition coefficient (Wildman–Crippen LogP) is 5.31. The van der Waals surface area contributed by atoms with Crippen LogP contribution in [0.1, 0.15) is 23.6 Å². The quantitative estimate of drug-likeness (QED) is 0.515. The zero-order chi connectivity index (χ0) is 16.4. The first-order valence-corrected chi connectivity index (χ1v) is 8.04. The van der Waals surface area contributed by atoms with E-state index in [0.29, 0.717) is 5.84 Å². The lowest BCUT2D eigenvalue weighted by Crippen LogP contribution is -2.32. The fourth-order valence-corrected chi connectivity index (χ4v) is 3.24. The highest BCUT2D eigenvalue weighted by molar-refractivity contribution is 6.15. The van der Waals surface area contributed by atoms with Gasteiger partial charge in [-0.3, -0.25) is 5.41 Å². The number of nitrogens with zero attached hydrogens (tertiary/aromatic N) is 1. The van der Waals surface area contributed by atoms with Crippen LogP contribution in [0.2, 0.25) is 0 Å². The van der Waals surface area contributed by atoms with Gasteiger partial charge in [0.25, 0.3) is 0 Å². The van der Waals surface area contributed by atoms with Gasteiger partial charge in [0.15, 0.2) is 0 Å². The van der Waals surface area contributed by atoms with Gasteiger partial charge in [-0.2, -0.15) is 0 Å². The van der Waals surface area contributed by atoms with Crippen molar-refractivity contribution in [2.24, 2.45) is 0 Å². The van der Waals surface area contributed by atoms with Crippen LogP contribution in [0.25, 0.3) is 10.8 Å². The van der Waals surface area contributed by atoms with E-state index in [1.165, 1.54) is 16.5 Å². The minimum Gasteiger partial charge on any atom is -0.326 e. The molecule has 0 atom stereocenters. The van der Waals surface area contributed by atoms with Crippen LogP contribution in [0.5, 0.6) is 0 Å². The van der Waals surface area contributed by atoms with E-state index >= 15 is 0 Å². The lowest BCUT2D eigenvalue weighted by atomic mass is 10.0. The number of nitrogens with one attached hydrogen (secondary N) is 1. The standard InChI is InChI=1S/C21H22N2/c1-4-23(20-15(2)9-7-10-16(20)3)21(22)19-14-8-12-17-11-5-6-13-18(17)19/h5-14,22H,4H2,1-3H3. The summed E-state index contributed by atoms with van der Waals surface area (Å²) in [5.74, 6) is 0.557. The molecule has 0 heterocycles. The molecule has 0 saturated heterocycles. The maximum absolute atomic E-state index is 8.83. The fraction of sp³-hybridized carbons (Fsp3) is 0.190. The summed E-state index contributed by atoms with van der Waals surface area (Å²) in [4.78, 5) is 2.10. The molecular weight excluding hydrogens is 280 g/mol. The highest BCUT2D eigenvalue weighted by Crippen LogP contribution is 2.28. The molecule has 3 aromatic rings. The van der Waals surface area contributed by atoms with Gasteiger partial charge >= 0.3 is 0 Å². The lowest BCUT2D eigenvalue weighted by molar-refractivity contribution is 1.03. The molecule has 0 spiro atoms. The topological polar surface area (TPSA) is 27.1 Å². The van der Waals surface area contributed by atoms with Crippen LogP contribution in [-0.2, 0) is 0 Å². The van der Waals surface area contributed by atoms with Crippen LogP contribution in [-0.4, -0.2) is 12.4 Å². The Labute approximate surface area is 137 Å². The second-order valence-corrected chi connectivity index (χ2v) is 5.86. The Bertz CT molecular complexity index is 839. The van der Waals surface area contributed by atoms with Crippen molar-refractivity contribution in [1.82, 2.24) is 0 Å². The number of fused-ring (bicyclic) bond motifs is 1. The van der Waals surface area contributed by atoms with Gasteiger partial charge in [0.2, 0.25) is 0 Å². The molecule has 0 aliphatic heterocycles. The highest BCUT2D eigenvalue weighted by Gasteiger charge is 2.17. The van der Waals surface area contributed by atoms with E-state index in [1.54, 1.807) is 0 Å². The third-order valence-electron chi connectivity index (χ3n) is 4.34. The summed E-state index contributed by atoms with van der Waals surface area (Å²) in [5.41, 5.74) is 4.54. The van der Waals surface area contributed by atoms with E-state index in [1.807, 2.05) is 24.3 Å². The van der Waals surface area contributed by atoms with Crippen molar-refractivity contribution in [3.8, 4) is 0 Å². The summed E-state index contributed by atoms with van der Waals surface area (Å²) in [6.45, 7) is 7.10. The number of para-hydroxylation sites is 1. The maximum atomic E-state index is 8.83. The molecule has 3 aromatic carbocycles. The van der Waals surface area contributed by atoms with Gasteiger partial charge in [0, 0.05) is 17.8 Å². The lowest BCUT2D eigenvalue weighted by Gasteiger charge is -2.28. The Kier molecular flexibility index (Phi) is 4.16. The zero-order valence-corrected chi connectivity index (χ0v) is 13.9. The largest absolute Gasteiger partial charge is 0.326 e. The average Bonchev–Trinajstić information content (AvgIpc) is 2.57. The normalized spacial score (nSPS) is 10.7. The molecule has 0 saturated carbocycles. The van der Waals surface area contributed by atoms with E-state index in [9.17, 15) is 0 Å². The summed E-state index contributed by atoms with van der Waals surface area (Å²) in [7, 11) is 0. The summed E-state index contributed by atoms with van der Waals surface area (Å²) >= 11 is 0. The maximum Gasteiger partial charge on any atom is 0.133 e. The van der Waals surface area contributed by atoms with Crippen molar-refractivity contribution < 1.29 is 0 Å². The molecule has 2 nitrogen and oxygen atoms in total. The number of rotatable bonds is 3. The minimum atomic E-state index is 0.557. The van der Waals surface area contributed by atoms with E-state index in [4.69, 9.17) is 5.41 Å². The van der Waals surface area contributed by atoms with E-state index in [0.717, 1.165) is 23.2 Å². The summed E-state index contributed by atoms with van der Waals surface area (Å²) in [5, 5.41) is 11.1. The molecule has 0 aliphatic carbocycles. The summed E-state index contributed by atoms with van der Waals surface area (Å²) in [6, 6.07) is 20.7. The molecule has 0 unspecified atom stereocenters. The molecule has 0 aromatic heterocycles. The smallest absolute Gasteiger partial charge is 0.133 e. The Morgan fingerprint density at radius 1 is 0.870 bits per heavy atom. The second kappa shape index (κ2) is 6.25. The monoisotopic (exact) mass is 302 g/mol. The molecule has 0 bridgehead atoms. The van der Waals surface area contributed by atoms with Crippen LogP contribution in [0.15, 0.2) is 60.7 Å². The number of anilines is 1. The minimum absolute atomic E-state index is 0.557. The first-order valence-electron chi connectivity index (χ1n) is 8.04. The third kappa shape index (κ3) is 2.72. The number of hydrogen-bond donors (Lipinski definition) is 1. The highest BCUT2D eigenvalue weighted by atomic mass is 15.2. The number of aryl methyl sites for hydroxylation is 2. The van der Waals surface area contributed by atoms with Crippen molar-refractivity contribution in [1.29, 1.82) is 5.41 Å². The molecule has 0 radical (unpaired) electrons. The Morgan fingerprint density at radius 3 is 2.17 bits per heavy atom. The zero-order valence-electron chi connectivity index (χ0n) is 13.9. The van der Waals surface area contributed by atoms with E-state index < -0.39 is 0 Å². The number of hydrogen-bond acceptors (Lipinski definition) is 1. The van der Waals surface area contributed by atoms with Gasteiger partial charge in [-0.05, 0) is 42.7 Å². The molecule has 0 fully saturated rings. The SMILES string of the molecule is CCN(C(=N)c1cccc2ccccc12)c1c(C)cccc1C. The first-order chi connectivity index (χ1) is 11.1. The molecule has 23 heavy (non-hydrogen) atoms. The first kappa shape index (κ1) is 15.3. The van der Waals surface area contributed by atoms with Crippen LogP contribution < -0.4 is 4.90 Å². The van der Waals surface area contributed by atoms with Crippen molar-refractivity contribution in [2.45, 2.75) is 20.8 Å². The van der Waals surface area contributed by atoms with Gasteiger partial charge < -0.3 is 4.90 Å². The van der Waals surface area contributed by atoms with Crippen LogP contribution in [0, 0.1) is 19.3 Å². The molecule has 116 valence electrons. The van der Waals surface area contributed by atoms with Gasteiger partial charge in [-0.15, -0.1) is 0 Å². The summed E-state index contributed by atoms with van der Waals surface area (Å²) < 4.78 is 0. The van der Waals surface area contributed by atoms with Crippen molar-refractivity contribution in [2.75, 3.05) is 11.4 Å². The number of amidine groups is 1. The van der Waals surface area contributed by atoms with E-state index in [2.05, 4.69) is 62.1 Å². The fourth-order valence-electron chi connectivity index (χ4n) is 3.24. The molecule has 3 rings (SSSR count). The second-order valence-electron chi connectivity index (χ2n) is 5.86. The van der Waals surface area contributed by atoms with Crippen molar-refractivity contribution in [3.05, 3.63) is 77.4 Å². The Morgan fingerprint density at radius 2 is 1.48 bits per heavy atom. The van der Waals surface area contributed by atoms with E-state index in [-0.39, 0.29) is 0 Å². The summed E-state index contributed by atoms with van der Waals surface area (Å²) in [6.07, 6.45) is 0. The van der Waals surface area contributed by atoms with Crippen LogP contribution in [0.3, 0.4) is 0 Å². The predicted molar refractivity (Wildman–Crippen MR) is 99.7 cm³/mol. The van der Waals surface area contributed by atoms with Gasteiger partial charge in [-0.1, -0.05) is 60.7 Å². The Hall–Kier alpha value is -2.61. The van der Waals surface area contributed by atoms with Gasteiger partial charge in [-0.25, -0.2) is 0 Å². The van der Waals surface area contributed by atoms with Crippen molar-refractivity contribution in [3.63, 3.8) is 0 Å². The van der Waals surface area contributed by atoms with Gasteiger partial charge in [0.1, 0.15) is 5.84 Å². The Balaban J connectivity index is 2.13. The molecule has 0 aliphatic rings.